The van der Waals surface area contributed by atoms with E-state index in [1.165, 1.54) is 18.2 Å². The van der Waals surface area contributed by atoms with E-state index in [-0.39, 0.29) is 10.2 Å². The van der Waals surface area contributed by atoms with E-state index in [2.05, 4.69) is 32.9 Å². The molecule has 0 saturated heterocycles. The van der Waals surface area contributed by atoms with Crippen LogP contribution in [0.4, 0.5) is 10.1 Å². The largest absolute Gasteiger partial charge is 0.317 e. The second kappa shape index (κ2) is 8.59. The zero-order valence-electron chi connectivity index (χ0n) is 11.5. The third kappa shape index (κ3) is 6.67. The van der Waals surface area contributed by atoms with Crippen molar-refractivity contribution in [1.82, 2.24) is 5.32 Å². The molecule has 1 aromatic carbocycles. The van der Waals surface area contributed by atoms with E-state index in [1.807, 2.05) is 0 Å². The molecule has 0 spiro atoms. The van der Waals surface area contributed by atoms with Gasteiger partial charge in [0.25, 0.3) is 0 Å². The zero-order chi connectivity index (χ0) is 15.0. The van der Waals surface area contributed by atoms with Crippen LogP contribution < -0.4 is 10.0 Å². The Morgan fingerprint density at radius 1 is 1.25 bits per heavy atom. The molecule has 0 radical (unpaired) electrons. The number of halogens is 2. The molecule has 114 valence electrons. The van der Waals surface area contributed by atoms with Gasteiger partial charge in [-0.3, -0.25) is 4.72 Å². The molecule has 0 atom stereocenters. The van der Waals surface area contributed by atoms with Crippen LogP contribution in [0.1, 0.15) is 26.2 Å². The molecule has 0 amide bonds. The minimum Gasteiger partial charge on any atom is -0.317 e. The second-order valence-corrected chi connectivity index (χ2v) is 7.20. The highest BCUT2D eigenvalue weighted by atomic mass is 79.9. The predicted octanol–water partition coefficient (Wildman–Crippen LogP) is 3.11. The van der Waals surface area contributed by atoms with Crippen molar-refractivity contribution >= 4 is 31.6 Å². The SMILES string of the molecule is CCCNCCCCS(=O)(=O)Nc1ccc(F)c(Br)c1. The minimum absolute atomic E-state index is 0.0653. The molecule has 0 saturated carbocycles. The quantitative estimate of drug-likeness (QED) is 0.660. The molecule has 0 unspecified atom stereocenters. The van der Waals surface area contributed by atoms with Crippen LogP contribution in [0, 0.1) is 5.82 Å². The van der Waals surface area contributed by atoms with Crippen LogP contribution in [0.2, 0.25) is 0 Å². The van der Waals surface area contributed by atoms with Crippen LogP contribution in [-0.2, 0) is 10.0 Å². The number of anilines is 1. The van der Waals surface area contributed by atoms with Gasteiger partial charge in [-0.25, -0.2) is 12.8 Å². The van der Waals surface area contributed by atoms with Crippen LogP contribution in [0.25, 0.3) is 0 Å². The summed E-state index contributed by atoms with van der Waals surface area (Å²) in [4.78, 5) is 0. The third-order valence-electron chi connectivity index (χ3n) is 2.64. The van der Waals surface area contributed by atoms with Crippen LogP contribution in [0.5, 0.6) is 0 Å². The van der Waals surface area contributed by atoms with E-state index in [0.29, 0.717) is 12.1 Å². The first-order valence-corrected chi connectivity index (χ1v) is 9.05. The predicted molar refractivity (Wildman–Crippen MR) is 83.9 cm³/mol. The lowest BCUT2D eigenvalue weighted by atomic mass is 10.3. The highest BCUT2D eigenvalue weighted by Crippen LogP contribution is 2.20. The normalized spacial score (nSPS) is 11.6. The van der Waals surface area contributed by atoms with Gasteiger partial charge in [0.05, 0.1) is 10.2 Å². The fraction of sp³-hybridized carbons (Fsp3) is 0.538. The van der Waals surface area contributed by atoms with E-state index in [1.54, 1.807) is 0 Å². The van der Waals surface area contributed by atoms with Gasteiger partial charge in [-0.15, -0.1) is 0 Å². The summed E-state index contributed by atoms with van der Waals surface area (Å²) in [6, 6.07) is 4.03. The average Bonchev–Trinajstić information content (AvgIpc) is 2.38. The van der Waals surface area contributed by atoms with Crippen LogP contribution in [0.15, 0.2) is 22.7 Å². The van der Waals surface area contributed by atoms with Gasteiger partial charge in [0.1, 0.15) is 5.82 Å². The fourth-order valence-corrected chi connectivity index (χ4v) is 3.19. The fourth-order valence-electron chi connectivity index (χ4n) is 1.63. The molecule has 4 nitrogen and oxygen atoms in total. The van der Waals surface area contributed by atoms with Gasteiger partial charge in [-0.1, -0.05) is 6.92 Å². The first-order valence-electron chi connectivity index (χ1n) is 6.61. The van der Waals surface area contributed by atoms with E-state index < -0.39 is 15.8 Å². The molecule has 0 fully saturated rings. The van der Waals surface area contributed by atoms with Crippen molar-refractivity contribution in [2.24, 2.45) is 0 Å². The molecule has 20 heavy (non-hydrogen) atoms. The Morgan fingerprint density at radius 3 is 2.65 bits per heavy atom. The highest BCUT2D eigenvalue weighted by Gasteiger charge is 2.11. The molecule has 0 aliphatic heterocycles. The second-order valence-electron chi connectivity index (χ2n) is 4.51. The first kappa shape index (κ1) is 17.4. The summed E-state index contributed by atoms with van der Waals surface area (Å²) < 4.78 is 39.4. The Hall–Kier alpha value is -0.660. The molecule has 1 rings (SSSR count). The standard InChI is InChI=1S/C13H20BrFN2O2S/c1-2-7-16-8-3-4-9-20(18,19)17-11-5-6-13(15)12(14)10-11/h5-6,10,16-17H,2-4,7-9H2,1H3. The smallest absolute Gasteiger partial charge is 0.232 e. The summed E-state index contributed by atoms with van der Waals surface area (Å²) in [5.41, 5.74) is 0.363. The number of unbranched alkanes of at least 4 members (excludes halogenated alkanes) is 1. The van der Waals surface area contributed by atoms with E-state index in [9.17, 15) is 12.8 Å². The lowest BCUT2D eigenvalue weighted by Gasteiger charge is -2.09. The van der Waals surface area contributed by atoms with Crippen molar-refractivity contribution in [3.05, 3.63) is 28.5 Å². The van der Waals surface area contributed by atoms with Crippen LogP contribution >= 0.6 is 15.9 Å². The lowest BCUT2D eigenvalue weighted by Crippen LogP contribution is -2.19. The molecule has 1 aromatic rings. The Balaban J connectivity index is 2.39. The Kier molecular flexibility index (Phi) is 7.47. The maximum atomic E-state index is 13.1. The Morgan fingerprint density at radius 2 is 2.00 bits per heavy atom. The third-order valence-corrected chi connectivity index (χ3v) is 4.62. The number of nitrogens with one attached hydrogen (secondary N) is 2. The zero-order valence-corrected chi connectivity index (χ0v) is 13.9. The van der Waals surface area contributed by atoms with Gasteiger partial charge in [-0.05, 0) is 66.5 Å². The summed E-state index contributed by atoms with van der Waals surface area (Å²) in [5.74, 6) is -0.356. The summed E-state index contributed by atoms with van der Waals surface area (Å²) in [7, 11) is -3.38. The summed E-state index contributed by atoms with van der Waals surface area (Å²) in [5, 5.41) is 3.22. The molecule has 2 N–H and O–H groups in total. The van der Waals surface area contributed by atoms with Crippen molar-refractivity contribution in [3.63, 3.8) is 0 Å². The van der Waals surface area contributed by atoms with Crippen molar-refractivity contribution < 1.29 is 12.8 Å². The Labute approximate surface area is 128 Å². The number of benzene rings is 1. The first-order chi connectivity index (χ1) is 9.44. The molecule has 0 bridgehead atoms. The van der Waals surface area contributed by atoms with E-state index >= 15 is 0 Å². The number of hydrogen-bond acceptors (Lipinski definition) is 3. The summed E-state index contributed by atoms with van der Waals surface area (Å²) in [6.45, 7) is 3.86. The summed E-state index contributed by atoms with van der Waals surface area (Å²) in [6.07, 6.45) is 2.47. The molecular weight excluding hydrogens is 347 g/mol. The number of sulfonamides is 1. The van der Waals surface area contributed by atoms with Gasteiger partial charge < -0.3 is 5.32 Å². The van der Waals surface area contributed by atoms with Gasteiger partial charge in [-0.2, -0.15) is 0 Å². The van der Waals surface area contributed by atoms with Crippen molar-refractivity contribution in [1.29, 1.82) is 0 Å². The van der Waals surface area contributed by atoms with Crippen molar-refractivity contribution in [2.45, 2.75) is 26.2 Å². The van der Waals surface area contributed by atoms with Crippen molar-refractivity contribution in [3.8, 4) is 0 Å². The highest BCUT2D eigenvalue weighted by molar-refractivity contribution is 9.10. The monoisotopic (exact) mass is 366 g/mol. The molecule has 7 heteroatoms. The maximum Gasteiger partial charge on any atom is 0.232 e. The van der Waals surface area contributed by atoms with Crippen LogP contribution in [-0.4, -0.2) is 27.3 Å². The Bertz CT molecular complexity index is 523. The van der Waals surface area contributed by atoms with Gasteiger partial charge in [0.15, 0.2) is 0 Å². The van der Waals surface area contributed by atoms with E-state index in [0.717, 1.165) is 25.9 Å². The maximum absolute atomic E-state index is 13.1. The summed E-state index contributed by atoms with van der Waals surface area (Å²) >= 11 is 3.02. The van der Waals surface area contributed by atoms with Crippen molar-refractivity contribution in [2.75, 3.05) is 23.6 Å². The topological polar surface area (TPSA) is 58.2 Å². The molecular formula is C13H20BrFN2O2S. The van der Waals surface area contributed by atoms with Gasteiger partial charge >= 0.3 is 0 Å². The average molecular weight is 367 g/mol. The van der Waals surface area contributed by atoms with Gasteiger partial charge in [0.2, 0.25) is 10.0 Å². The van der Waals surface area contributed by atoms with E-state index in [4.69, 9.17) is 0 Å². The number of hydrogen-bond donors (Lipinski definition) is 2. The minimum atomic E-state index is -3.38. The van der Waals surface area contributed by atoms with Gasteiger partial charge in [0, 0.05) is 5.69 Å². The van der Waals surface area contributed by atoms with Crippen LogP contribution in [0.3, 0.4) is 0 Å². The molecule has 0 aliphatic carbocycles. The number of rotatable bonds is 9. The molecule has 0 heterocycles. The molecule has 0 aliphatic rings. The lowest BCUT2D eigenvalue weighted by molar-refractivity contribution is 0.590. The molecule has 0 aromatic heterocycles.